The number of carbonyl (C=O) groups is 2. The summed E-state index contributed by atoms with van der Waals surface area (Å²) in [5.41, 5.74) is 0.688. The number of carbonyl (C=O) groups excluding carboxylic acids is 1. The lowest BCUT2D eigenvalue weighted by Gasteiger charge is -2.23. The molecule has 1 atom stereocenters. The molecule has 1 aliphatic rings. The topological polar surface area (TPSA) is 57.6 Å². The van der Waals surface area contributed by atoms with Gasteiger partial charge in [-0.3, -0.25) is 9.69 Å². The first-order valence-corrected chi connectivity index (χ1v) is 8.51. The summed E-state index contributed by atoms with van der Waals surface area (Å²) in [6.45, 7) is 0. The van der Waals surface area contributed by atoms with Gasteiger partial charge in [0.1, 0.15) is 10.1 Å². The van der Waals surface area contributed by atoms with Gasteiger partial charge in [0, 0.05) is 5.56 Å². The van der Waals surface area contributed by atoms with Gasteiger partial charge in [-0.05, 0) is 17.7 Å². The number of rotatable bonds is 4. The number of hydrogen-bond acceptors (Lipinski definition) is 4. The number of carboxylic acids is 1. The van der Waals surface area contributed by atoms with Crippen molar-refractivity contribution in [3.8, 4) is 0 Å². The predicted octanol–water partition coefficient (Wildman–Crippen LogP) is 3.85. The summed E-state index contributed by atoms with van der Waals surface area (Å²) in [6.07, 6.45) is 1.39. The summed E-state index contributed by atoms with van der Waals surface area (Å²) in [6, 6.07) is 13.2. The Balaban J connectivity index is 1.98. The highest BCUT2D eigenvalue weighted by Crippen LogP contribution is 2.38. The number of hydrogen-bond donors (Lipinski definition) is 1. The van der Waals surface area contributed by atoms with Crippen molar-refractivity contribution in [1.29, 1.82) is 0 Å². The molecule has 1 amide bonds. The van der Waals surface area contributed by atoms with Crippen LogP contribution in [0.4, 0.5) is 4.39 Å². The molecule has 0 bridgehead atoms. The highest BCUT2D eigenvalue weighted by Gasteiger charge is 2.41. The largest absolute Gasteiger partial charge is 0.479 e. The van der Waals surface area contributed by atoms with Gasteiger partial charge in [0.15, 0.2) is 6.04 Å². The zero-order chi connectivity index (χ0) is 18.0. The van der Waals surface area contributed by atoms with Crippen LogP contribution in [0.3, 0.4) is 0 Å². The molecule has 1 N–H and O–H groups in total. The minimum atomic E-state index is -1.22. The van der Waals surface area contributed by atoms with Crippen molar-refractivity contribution in [3.05, 3.63) is 76.4 Å². The lowest BCUT2D eigenvalue weighted by Crippen LogP contribution is -2.37. The number of nitrogens with zero attached hydrogens (tertiary/aromatic N) is 1. The molecule has 1 heterocycles. The Morgan fingerprint density at radius 1 is 1.16 bits per heavy atom. The first kappa shape index (κ1) is 17.3. The number of halogens is 1. The van der Waals surface area contributed by atoms with E-state index in [4.69, 9.17) is 12.2 Å². The van der Waals surface area contributed by atoms with Gasteiger partial charge in [0.05, 0.1) is 4.91 Å². The summed E-state index contributed by atoms with van der Waals surface area (Å²) in [7, 11) is 0. The van der Waals surface area contributed by atoms with E-state index in [0.29, 0.717) is 5.56 Å². The van der Waals surface area contributed by atoms with E-state index in [1.54, 1.807) is 42.5 Å². The van der Waals surface area contributed by atoms with E-state index >= 15 is 0 Å². The predicted molar refractivity (Wildman–Crippen MR) is 98.2 cm³/mol. The molecule has 0 aliphatic carbocycles. The Morgan fingerprint density at radius 3 is 2.44 bits per heavy atom. The van der Waals surface area contributed by atoms with Crippen LogP contribution in [0.15, 0.2) is 59.5 Å². The summed E-state index contributed by atoms with van der Waals surface area (Å²) in [5.74, 6) is -2.20. The highest BCUT2D eigenvalue weighted by atomic mass is 32.2. The number of carboxylic acid groups (broad SMARTS) is 1. The molecule has 1 fully saturated rings. The van der Waals surface area contributed by atoms with E-state index < -0.39 is 23.7 Å². The van der Waals surface area contributed by atoms with Gasteiger partial charge < -0.3 is 5.11 Å². The molecule has 1 unspecified atom stereocenters. The normalized spacial score (nSPS) is 17.2. The van der Waals surface area contributed by atoms with Gasteiger partial charge in [-0.25, -0.2) is 9.18 Å². The van der Waals surface area contributed by atoms with Gasteiger partial charge in [0.2, 0.25) is 0 Å². The van der Waals surface area contributed by atoms with E-state index in [-0.39, 0.29) is 14.8 Å². The molecule has 2 aromatic carbocycles. The van der Waals surface area contributed by atoms with Crippen molar-refractivity contribution in [2.24, 2.45) is 0 Å². The first-order valence-electron chi connectivity index (χ1n) is 7.28. The van der Waals surface area contributed by atoms with Crippen LogP contribution in [0.5, 0.6) is 0 Å². The molecule has 7 heteroatoms. The van der Waals surface area contributed by atoms with E-state index in [9.17, 15) is 19.1 Å². The Labute approximate surface area is 153 Å². The van der Waals surface area contributed by atoms with Crippen LogP contribution < -0.4 is 0 Å². The van der Waals surface area contributed by atoms with Crippen molar-refractivity contribution in [3.63, 3.8) is 0 Å². The third kappa shape index (κ3) is 3.47. The van der Waals surface area contributed by atoms with Crippen LogP contribution in [0, 0.1) is 5.82 Å². The molecule has 25 heavy (non-hydrogen) atoms. The summed E-state index contributed by atoms with van der Waals surface area (Å²) in [5, 5.41) is 9.60. The van der Waals surface area contributed by atoms with Crippen molar-refractivity contribution < 1.29 is 19.1 Å². The van der Waals surface area contributed by atoms with E-state index in [0.717, 1.165) is 16.7 Å². The number of thioether (sulfide) groups is 1. The van der Waals surface area contributed by atoms with Crippen LogP contribution in [0.25, 0.3) is 6.08 Å². The maximum Gasteiger partial charge on any atom is 0.331 e. The number of thiocarbonyl (C=S) groups is 1. The van der Waals surface area contributed by atoms with Crippen LogP contribution in [0.2, 0.25) is 0 Å². The molecule has 0 aromatic heterocycles. The smallest absolute Gasteiger partial charge is 0.331 e. The van der Waals surface area contributed by atoms with Crippen LogP contribution in [-0.2, 0) is 9.59 Å². The molecule has 2 aromatic rings. The third-order valence-electron chi connectivity index (χ3n) is 3.62. The summed E-state index contributed by atoms with van der Waals surface area (Å²) in [4.78, 5) is 25.7. The first-order chi connectivity index (χ1) is 12.0. The molecular formula is C18H12FNO3S2. The van der Waals surface area contributed by atoms with Gasteiger partial charge in [-0.2, -0.15) is 0 Å². The average molecular weight is 373 g/mol. The standard InChI is InChI=1S/C18H12FNO3S2/c19-13-9-5-4-8-12(13)10-14-16(21)20(18(24)25-14)15(17(22)23)11-6-2-1-3-7-11/h1-10,15H,(H,22,23). The molecule has 4 nitrogen and oxygen atoms in total. The monoisotopic (exact) mass is 373 g/mol. The fourth-order valence-corrected chi connectivity index (χ4v) is 3.78. The van der Waals surface area contributed by atoms with Crippen molar-refractivity contribution in [2.45, 2.75) is 6.04 Å². The SMILES string of the molecule is O=C(O)C(c1ccccc1)N1C(=O)C(=Cc2ccccc2F)SC1=S. The van der Waals surface area contributed by atoms with E-state index in [1.807, 2.05) is 0 Å². The average Bonchev–Trinajstić information content (AvgIpc) is 2.86. The molecule has 126 valence electrons. The fourth-order valence-electron chi connectivity index (χ4n) is 2.47. The quantitative estimate of drug-likeness (QED) is 0.652. The Hall–Kier alpha value is -2.51. The van der Waals surface area contributed by atoms with Crippen molar-refractivity contribution in [1.82, 2.24) is 4.90 Å². The fraction of sp³-hybridized carbons (Fsp3) is 0.0556. The molecule has 3 rings (SSSR count). The van der Waals surface area contributed by atoms with Crippen molar-refractivity contribution in [2.75, 3.05) is 0 Å². The lowest BCUT2D eigenvalue weighted by molar-refractivity contribution is -0.145. The second kappa shape index (κ2) is 7.16. The van der Waals surface area contributed by atoms with Gasteiger partial charge in [-0.1, -0.05) is 72.5 Å². The van der Waals surface area contributed by atoms with E-state index in [2.05, 4.69) is 0 Å². The molecule has 0 saturated carbocycles. The molecular weight excluding hydrogens is 361 g/mol. The highest BCUT2D eigenvalue weighted by molar-refractivity contribution is 8.26. The zero-order valence-corrected chi connectivity index (χ0v) is 14.4. The number of aliphatic carboxylic acids is 1. The Bertz CT molecular complexity index is 883. The number of amides is 1. The maximum atomic E-state index is 13.8. The third-order valence-corrected chi connectivity index (χ3v) is 4.95. The molecule has 1 aliphatic heterocycles. The van der Waals surface area contributed by atoms with Crippen molar-refractivity contribution >= 4 is 46.3 Å². The summed E-state index contributed by atoms with van der Waals surface area (Å²) >= 11 is 6.17. The molecule has 0 radical (unpaired) electrons. The second-order valence-corrected chi connectivity index (χ2v) is 6.90. The second-order valence-electron chi connectivity index (χ2n) is 5.22. The lowest BCUT2D eigenvalue weighted by atomic mass is 10.1. The van der Waals surface area contributed by atoms with E-state index in [1.165, 1.54) is 18.2 Å². The Morgan fingerprint density at radius 2 is 1.80 bits per heavy atom. The zero-order valence-electron chi connectivity index (χ0n) is 12.8. The summed E-state index contributed by atoms with van der Waals surface area (Å²) < 4.78 is 13.9. The van der Waals surface area contributed by atoms with Gasteiger partial charge in [-0.15, -0.1) is 0 Å². The van der Waals surface area contributed by atoms with Gasteiger partial charge >= 0.3 is 5.97 Å². The number of benzene rings is 2. The van der Waals surface area contributed by atoms with Crippen LogP contribution >= 0.6 is 24.0 Å². The van der Waals surface area contributed by atoms with Gasteiger partial charge in [0.25, 0.3) is 5.91 Å². The minimum Gasteiger partial charge on any atom is -0.479 e. The molecule has 0 spiro atoms. The minimum absolute atomic E-state index is 0.129. The Kier molecular flexibility index (Phi) is 4.96. The van der Waals surface area contributed by atoms with Crippen LogP contribution in [0.1, 0.15) is 17.2 Å². The molecule has 1 saturated heterocycles. The maximum absolute atomic E-state index is 13.8. The van der Waals surface area contributed by atoms with Crippen LogP contribution in [-0.4, -0.2) is 26.2 Å².